The number of anilines is 1. The molecule has 0 radical (unpaired) electrons. The smallest absolute Gasteiger partial charge is 0.308 e. The number of hydrogen-bond donors (Lipinski definition) is 1. The summed E-state index contributed by atoms with van der Waals surface area (Å²) in [5, 5.41) is 8.10. The fraction of sp³-hybridized carbons (Fsp3) is 0.188. The zero-order valence-electron chi connectivity index (χ0n) is 22.0. The number of carbonyl (C=O) groups is 1. The number of aromatic nitrogens is 3. The summed E-state index contributed by atoms with van der Waals surface area (Å²) in [6.07, 6.45) is 3.65. The first kappa shape index (κ1) is 24.7. The highest BCUT2D eigenvalue weighted by molar-refractivity contribution is 5.90. The van der Waals surface area contributed by atoms with Crippen LogP contribution >= 0.6 is 0 Å². The van der Waals surface area contributed by atoms with Crippen molar-refractivity contribution in [3.05, 3.63) is 131 Å². The summed E-state index contributed by atoms with van der Waals surface area (Å²) < 4.78 is 18.0. The number of fused-ring (bicyclic) bond motifs is 3. The molecule has 3 heterocycles. The van der Waals surface area contributed by atoms with E-state index in [4.69, 9.17) is 5.10 Å². The van der Waals surface area contributed by atoms with Crippen LogP contribution in [0, 0.1) is 5.82 Å². The van der Waals surface area contributed by atoms with Crippen LogP contribution in [0.5, 0.6) is 0 Å². The average molecular weight is 520 g/mol. The Hall–Kier alpha value is -4.65. The van der Waals surface area contributed by atoms with E-state index in [-0.39, 0.29) is 11.8 Å². The Morgan fingerprint density at radius 1 is 0.923 bits per heavy atom. The van der Waals surface area contributed by atoms with Crippen LogP contribution in [0.3, 0.4) is 0 Å². The van der Waals surface area contributed by atoms with E-state index in [0.717, 1.165) is 46.1 Å². The summed E-state index contributed by atoms with van der Waals surface area (Å²) in [6.45, 7) is 4.52. The third-order valence-electron chi connectivity index (χ3n) is 7.36. The van der Waals surface area contributed by atoms with Crippen LogP contribution in [0.4, 0.5) is 14.9 Å². The maximum atomic E-state index is 14.0. The standard InChI is InChI=1S/C32H30FN5O/c1-3-22-12-18-25(19-13-22)34-32(39)37-21-27-28(4-2)35-38(26-9-6-5-7-10-26)31(27)36-20-8-11-29(36)30(37)23-14-16-24(33)17-15-23/h5-20,30H,3-4,21H2,1-2H3,(H,34,39). The number of urea groups is 1. The van der Waals surface area contributed by atoms with Crippen molar-refractivity contribution < 1.29 is 9.18 Å². The van der Waals surface area contributed by atoms with Crippen molar-refractivity contribution in [2.24, 2.45) is 0 Å². The first-order valence-corrected chi connectivity index (χ1v) is 13.3. The molecule has 0 fully saturated rings. The molecule has 1 atom stereocenters. The first-order valence-electron chi connectivity index (χ1n) is 13.3. The number of amides is 2. The lowest BCUT2D eigenvalue weighted by Gasteiger charge is -2.31. The molecule has 1 aliphatic rings. The monoisotopic (exact) mass is 519 g/mol. The van der Waals surface area contributed by atoms with E-state index in [9.17, 15) is 9.18 Å². The summed E-state index contributed by atoms with van der Waals surface area (Å²) in [4.78, 5) is 15.9. The van der Waals surface area contributed by atoms with E-state index in [1.54, 1.807) is 12.1 Å². The largest absolute Gasteiger partial charge is 0.322 e. The van der Waals surface area contributed by atoms with Crippen LogP contribution in [0.15, 0.2) is 97.2 Å². The number of para-hydroxylation sites is 1. The molecule has 0 saturated heterocycles. The minimum atomic E-state index is -0.447. The van der Waals surface area contributed by atoms with Gasteiger partial charge < -0.3 is 14.8 Å². The highest BCUT2D eigenvalue weighted by Gasteiger charge is 2.36. The van der Waals surface area contributed by atoms with E-state index in [0.29, 0.717) is 13.0 Å². The highest BCUT2D eigenvalue weighted by Crippen LogP contribution is 2.39. The zero-order valence-corrected chi connectivity index (χ0v) is 22.0. The predicted octanol–water partition coefficient (Wildman–Crippen LogP) is 7.06. The molecule has 1 unspecified atom stereocenters. The molecule has 6 nitrogen and oxygen atoms in total. The number of carbonyl (C=O) groups excluding carboxylic acids is 1. The van der Waals surface area contributed by atoms with Gasteiger partial charge in [-0.15, -0.1) is 0 Å². The van der Waals surface area contributed by atoms with Crippen molar-refractivity contribution in [1.29, 1.82) is 0 Å². The molecule has 0 bridgehead atoms. The molecule has 2 aromatic heterocycles. The molecule has 2 amide bonds. The van der Waals surface area contributed by atoms with Gasteiger partial charge in [-0.3, -0.25) is 0 Å². The maximum absolute atomic E-state index is 14.0. The predicted molar refractivity (Wildman–Crippen MR) is 151 cm³/mol. The Kier molecular flexibility index (Phi) is 6.49. The number of aryl methyl sites for hydroxylation is 2. The van der Waals surface area contributed by atoms with Gasteiger partial charge >= 0.3 is 6.03 Å². The topological polar surface area (TPSA) is 55.1 Å². The summed E-state index contributed by atoms with van der Waals surface area (Å²) in [5.41, 5.74) is 6.52. The molecule has 196 valence electrons. The molecule has 39 heavy (non-hydrogen) atoms. The number of hydrogen-bond acceptors (Lipinski definition) is 2. The molecule has 6 rings (SSSR count). The zero-order chi connectivity index (χ0) is 26.9. The van der Waals surface area contributed by atoms with E-state index in [2.05, 4.69) is 23.7 Å². The van der Waals surface area contributed by atoms with Gasteiger partial charge in [-0.25, -0.2) is 13.9 Å². The van der Waals surface area contributed by atoms with Gasteiger partial charge in [0.25, 0.3) is 0 Å². The first-order chi connectivity index (χ1) is 19.1. The van der Waals surface area contributed by atoms with Crippen LogP contribution < -0.4 is 5.32 Å². The Morgan fingerprint density at radius 3 is 2.36 bits per heavy atom. The SMILES string of the molecule is CCc1ccc(NC(=O)N2Cc3c(CC)nn(-c4ccccc4)c3-n3cccc3C2c2ccc(F)cc2)cc1. The lowest BCUT2D eigenvalue weighted by molar-refractivity contribution is 0.194. The van der Waals surface area contributed by atoms with E-state index >= 15 is 0 Å². The van der Waals surface area contributed by atoms with Crippen molar-refractivity contribution in [1.82, 2.24) is 19.2 Å². The lowest BCUT2D eigenvalue weighted by Crippen LogP contribution is -2.38. The van der Waals surface area contributed by atoms with Crippen LogP contribution in [0.1, 0.15) is 48.0 Å². The second-order valence-corrected chi connectivity index (χ2v) is 9.72. The van der Waals surface area contributed by atoms with Crippen LogP contribution in [-0.2, 0) is 19.4 Å². The summed E-state index contributed by atoms with van der Waals surface area (Å²) >= 11 is 0. The Balaban J connectivity index is 1.52. The van der Waals surface area contributed by atoms with Crippen LogP contribution in [0.2, 0.25) is 0 Å². The van der Waals surface area contributed by atoms with Gasteiger partial charge in [0.05, 0.1) is 29.7 Å². The average Bonchev–Trinajstić information content (AvgIpc) is 3.56. The maximum Gasteiger partial charge on any atom is 0.322 e. The number of halogens is 1. The summed E-state index contributed by atoms with van der Waals surface area (Å²) in [7, 11) is 0. The quantitative estimate of drug-likeness (QED) is 0.270. The third kappa shape index (κ3) is 4.50. The highest BCUT2D eigenvalue weighted by atomic mass is 19.1. The third-order valence-corrected chi connectivity index (χ3v) is 7.36. The van der Waals surface area contributed by atoms with Gasteiger partial charge in [-0.1, -0.05) is 56.3 Å². The van der Waals surface area contributed by atoms with E-state index in [1.807, 2.05) is 82.5 Å². The van der Waals surface area contributed by atoms with Crippen molar-refractivity contribution in [3.63, 3.8) is 0 Å². The lowest BCUT2D eigenvalue weighted by atomic mass is 10.0. The summed E-state index contributed by atoms with van der Waals surface area (Å²) in [6, 6.07) is 27.7. The van der Waals surface area contributed by atoms with Crippen molar-refractivity contribution in [2.45, 2.75) is 39.3 Å². The van der Waals surface area contributed by atoms with Gasteiger partial charge in [0.1, 0.15) is 11.6 Å². The molecular weight excluding hydrogens is 489 g/mol. The van der Waals surface area contributed by atoms with Crippen LogP contribution in [-0.4, -0.2) is 25.3 Å². The fourth-order valence-electron chi connectivity index (χ4n) is 5.36. The molecule has 7 heteroatoms. The molecular formula is C32H30FN5O. The Morgan fingerprint density at radius 2 is 1.67 bits per heavy atom. The number of nitrogens with one attached hydrogen (secondary N) is 1. The second kappa shape index (κ2) is 10.3. The Labute approximate surface area is 227 Å². The normalized spacial score (nSPS) is 14.4. The molecule has 1 aliphatic heterocycles. The molecule has 0 saturated carbocycles. The second-order valence-electron chi connectivity index (χ2n) is 9.72. The van der Waals surface area contributed by atoms with Gasteiger partial charge in [0, 0.05) is 17.4 Å². The van der Waals surface area contributed by atoms with Gasteiger partial charge in [0.15, 0.2) is 0 Å². The van der Waals surface area contributed by atoms with Crippen molar-refractivity contribution in [2.75, 3.05) is 5.32 Å². The molecule has 0 spiro atoms. The molecule has 3 aromatic carbocycles. The van der Waals surface area contributed by atoms with Crippen molar-refractivity contribution in [3.8, 4) is 11.5 Å². The van der Waals surface area contributed by atoms with Gasteiger partial charge in [0.2, 0.25) is 0 Å². The van der Waals surface area contributed by atoms with Crippen LogP contribution in [0.25, 0.3) is 11.5 Å². The van der Waals surface area contributed by atoms with E-state index in [1.165, 1.54) is 17.7 Å². The van der Waals surface area contributed by atoms with Crippen molar-refractivity contribution >= 4 is 11.7 Å². The fourth-order valence-corrected chi connectivity index (χ4v) is 5.36. The number of nitrogens with zero attached hydrogens (tertiary/aromatic N) is 4. The summed E-state index contributed by atoms with van der Waals surface area (Å²) in [5.74, 6) is 0.596. The molecule has 1 N–H and O–H groups in total. The van der Waals surface area contributed by atoms with Gasteiger partial charge in [-0.2, -0.15) is 5.10 Å². The minimum Gasteiger partial charge on any atom is -0.308 e. The minimum absolute atomic E-state index is 0.233. The number of benzene rings is 3. The molecule has 0 aliphatic carbocycles. The molecule has 5 aromatic rings. The van der Waals surface area contributed by atoms with Gasteiger partial charge in [-0.05, 0) is 72.5 Å². The Bertz CT molecular complexity index is 1600. The van der Waals surface area contributed by atoms with E-state index < -0.39 is 6.04 Å². The number of rotatable bonds is 5.